The van der Waals surface area contributed by atoms with Crippen LogP contribution in [0.3, 0.4) is 0 Å². The molecule has 1 rings (SSSR count). The molecule has 18 heavy (non-hydrogen) atoms. The van der Waals surface area contributed by atoms with Crippen molar-refractivity contribution in [3.05, 3.63) is 39.9 Å². The lowest BCUT2D eigenvalue weighted by Crippen LogP contribution is -2.24. The molecule has 0 saturated heterocycles. The first-order chi connectivity index (χ1) is 8.40. The molecule has 0 aromatic heterocycles. The lowest BCUT2D eigenvalue weighted by atomic mass is 9.82. The van der Waals surface area contributed by atoms with Crippen LogP contribution >= 0.6 is 0 Å². The van der Waals surface area contributed by atoms with Gasteiger partial charge in [0, 0.05) is 11.6 Å². The van der Waals surface area contributed by atoms with Gasteiger partial charge >= 0.3 is 0 Å². The second-order valence-corrected chi connectivity index (χ2v) is 4.39. The van der Waals surface area contributed by atoms with Crippen LogP contribution in [0.2, 0.25) is 0 Å². The maximum Gasteiger partial charge on any atom is 0.272 e. The minimum atomic E-state index is -1.08. The van der Waals surface area contributed by atoms with E-state index in [9.17, 15) is 14.9 Å². The standard InChI is InChI=1S/C13H14N2O3/c1-10(16)13(2,9-14)8-7-11-5-3-4-6-12(11)15(17)18/h3-6H,7-8H2,1-2H3. The zero-order valence-corrected chi connectivity index (χ0v) is 10.3. The molecule has 1 aromatic carbocycles. The zero-order chi connectivity index (χ0) is 13.8. The van der Waals surface area contributed by atoms with Crippen LogP contribution < -0.4 is 0 Å². The summed E-state index contributed by atoms with van der Waals surface area (Å²) in [7, 11) is 0. The first-order valence-corrected chi connectivity index (χ1v) is 5.55. The molecule has 0 aliphatic carbocycles. The smallest absolute Gasteiger partial charge is 0.272 e. The molecule has 1 unspecified atom stereocenters. The Morgan fingerprint density at radius 2 is 2.11 bits per heavy atom. The highest BCUT2D eigenvalue weighted by Gasteiger charge is 2.30. The summed E-state index contributed by atoms with van der Waals surface area (Å²) in [5.74, 6) is -0.219. The highest BCUT2D eigenvalue weighted by Crippen LogP contribution is 2.27. The monoisotopic (exact) mass is 246 g/mol. The number of hydrogen-bond donors (Lipinski definition) is 0. The van der Waals surface area contributed by atoms with Crippen LogP contribution in [0.4, 0.5) is 5.69 Å². The van der Waals surface area contributed by atoms with E-state index in [4.69, 9.17) is 5.26 Å². The molecule has 0 heterocycles. The van der Waals surface area contributed by atoms with Crippen molar-refractivity contribution in [3.63, 3.8) is 0 Å². The van der Waals surface area contributed by atoms with Gasteiger partial charge in [-0.1, -0.05) is 18.2 Å². The van der Waals surface area contributed by atoms with Gasteiger partial charge in [-0.15, -0.1) is 0 Å². The van der Waals surface area contributed by atoms with E-state index >= 15 is 0 Å². The Morgan fingerprint density at radius 3 is 2.61 bits per heavy atom. The molecule has 0 aliphatic heterocycles. The van der Waals surface area contributed by atoms with Crippen molar-refractivity contribution in [3.8, 4) is 6.07 Å². The molecular formula is C13H14N2O3. The summed E-state index contributed by atoms with van der Waals surface area (Å²) >= 11 is 0. The number of ketones is 1. The van der Waals surface area contributed by atoms with Crippen LogP contribution in [0.15, 0.2) is 24.3 Å². The molecule has 1 atom stereocenters. The Hall–Kier alpha value is -2.22. The quantitative estimate of drug-likeness (QED) is 0.590. The van der Waals surface area contributed by atoms with Crippen molar-refractivity contribution in [1.29, 1.82) is 5.26 Å². The molecule has 94 valence electrons. The van der Waals surface area contributed by atoms with E-state index in [1.54, 1.807) is 25.1 Å². The van der Waals surface area contributed by atoms with E-state index in [1.165, 1.54) is 13.0 Å². The fourth-order valence-electron chi connectivity index (χ4n) is 1.60. The van der Waals surface area contributed by atoms with Gasteiger partial charge in [0.05, 0.1) is 11.0 Å². The predicted octanol–water partition coefficient (Wildman–Crippen LogP) is 2.65. The summed E-state index contributed by atoms with van der Waals surface area (Å²) in [6, 6.07) is 8.35. The summed E-state index contributed by atoms with van der Waals surface area (Å²) < 4.78 is 0. The average Bonchev–Trinajstić information content (AvgIpc) is 2.35. The number of nitriles is 1. The fourth-order valence-corrected chi connectivity index (χ4v) is 1.60. The lowest BCUT2D eigenvalue weighted by Gasteiger charge is -2.17. The van der Waals surface area contributed by atoms with Gasteiger partial charge < -0.3 is 0 Å². The van der Waals surface area contributed by atoms with E-state index in [1.807, 2.05) is 6.07 Å². The van der Waals surface area contributed by atoms with E-state index in [0.717, 1.165) is 0 Å². The number of benzene rings is 1. The Morgan fingerprint density at radius 1 is 1.50 bits per heavy atom. The lowest BCUT2D eigenvalue weighted by molar-refractivity contribution is -0.385. The minimum absolute atomic E-state index is 0.0290. The highest BCUT2D eigenvalue weighted by molar-refractivity contribution is 5.84. The number of carbonyl (C=O) groups is 1. The van der Waals surface area contributed by atoms with Crippen molar-refractivity contribution >= 4 is 11.5 Å². The van der Waals surface area contributed by atoms with Crippen molar-refractivity contribution < 1.29 is 9.72 Å². The van der Waals surface area contributed by atoms with Crippen molar-refractivity contribution in [2.75, 3.05) is 0 Å². The predicted molar refractivity (Wildman–Crippen MR) is 65.8 cm³/mol. The van der Waals surface area contributed by atoms with Crippen LogP contribution in [-0.4, -0.2) is 10.7 Å². The molecular weight excluding hydrogens is 232 g/mol. The molecule has 0 amide bonds. The normalized spacial score (nSPS) is 13.4. The highest BCUT2D eigenvalue weighted by atomic mass is 16.6. The van der Waals surface area contributed by atoms with Gasteiger partial charge in [0.2, 0.25) is 0 Å². The van der Waals surface area contributed by atoms with Crippen LogP contribution in [-0.2, 0) is 11.2 Å². The van der Waals surface area contributed by atoms with Gasteiger partial charge in [-0.05, 0) is 26.7 Å². The van der Waals surface area contributed by atoms with E-state index in [0.29, 0.717) is 12.0 Å². The molecule has 5 nitrogen and oxygen atoms in total. The molecule has 0 spiro atoms. The maximum atomic E-state index is 11.4. The van der Waals surface area contributed by atoms with Crippen LogP contribution in [0.1, 0.15) is 25.8 Å². The number of aryl methyl sites for hydroxylation is 1. The third kappa shape index (κ3) is 2.92. The van der Waals surface area contributed by atoms with E-state index in [-0.39, 0.29) is 17.9 Å². The van der Waals surface area contributed by atoms with Gasteiger partial charge in [-0.2, -0.15) is 5.26 Å². The van der Waals surface area contributed by atoms with E-state index < -0.39 is 10.3 Å². The van der Waals surface area contributed by atoms with Gasteiger partial charge in [0.25, 0.3) is 5.69 Å². The second-order valence-electron chi connectivity index (χ2n) is 4.39. The minimum Gasteiger partial charge on any atom is -0.298 e. The third-order valence-electron chi connectivity index (χ3n) is 3.11. The summed E-state index contributed by atoms with van der Waals surface area (Å²) in [6.07, 6.45) is 0.616. The zero-order valence-electron chi connectivity index (χ0n) is 10.3. The van der Waals surface area contributed by atoms with Crippen LogP contribution in [0.25, 0.3) is 0 Å². The second kappa shape index (κ2) is 5.41. The fraction of sp³-hybridized carbons (Fsp3) is 0.385. The third-order valence-corrected chi connectivity index (χ3v) is 3.11. The summed E-state index contributed by atoms with van der Waals surface area (Å²) in [4.78, 5) is 21.8. The Kier molecular flexibility index (Phi) is 4.16. The first-order valence-electron chi connectivity index (χ1n) is 5.55. The van der Waals surface area contributed by atoms with Crippen molar-refractivity contribution in [2.24, 2.45) is 5.41 Å². The SMILES string of the molecule is CC(=O)C(C)(C#N)CCc1ccccc1[N+](=O)[O-]. The Balaban J connectivity index is 2.91. The molecule has 0 N–H and O–H groups in total. The number of para-hydroxylation sites is 1. The molecule has 0 saturated carbocycles. The Bertz CT molecular complexity index is 519. The molecule has 0 aliphatic rings. The number of Topliss-reactive ketones (excluding diaryl/α,β-unsaturated/α-hetero) is 1. The van der Waals surface area contributed by atoms with E-state index in [2.05, 4.69) is 0 Å². The van der Waals surface area contributed by atoms with Crippen LogP contribution in [0.5, 0.6) is 0 Å². The Labute approximate surface area is 105 Å². The number of hydrogen-bond acceptors (Lipinski definition) is 4. The summed E-state index contributed by atoms with van der Waals surface area (Å²) in [6.45, 7) is 2.92. The summed E-state index contributed by atoms with van der Waals surface area (Å²) in [5.41, 5.74) is -0.504. The molecule has 5 heteroatoms. The van der Waals surface area contributed by atoms with Gasteiger partial charge in [-0.3, -0.25) is 14.9 Å². The molecule has 0 radical (unpaired) electrons. The number of nitro benzene ring substituents is 1. The van der Waals surface area contributed by atoms with Gasteiger partial charge in [0.15, 0.2) is 0 Å². The number of nitro groups is 1. The molecule has 1 aromatic rings. The van der Waals surface area contributed by atoms with Crippen molar-refractivity contribution in [2.45, 2.75) is 26.7 Å². The summed E-state index contributed by atoms with van der Waals surface area (Å²) in [5, 5.41) is 19.8. The van der Waals surface area contributed by atoms with Gasteiger partial charge in [0.1, 0.15) is 11.2 Å². The number of rotatable bonds is 5. The average molecular weight is 246 g/mol. The van der Waals surface area contributed by atoms with Crippen LogP contribution in [0, 0.1) is 26.9 Å². The topological polar surface area (TPSA) is 84.0 Å². The maximum absolute atomic E-state index is 11.4. The first kappa shape index (κ1) is 13.8. The largest absolute Gasteiger partial charge is 0.298 e. The van der Waals surface area contributed by atoms with Crippen molar-refractivity contribution in [1.82, 2.24) is 0 Å². The molecule has 0 fully saturated rings. The number of carbonyl (C=O) groups excluding carboxylic acids is 1. The number of nitrogens with zero attached hydrogens (tertiary/aromatic N) is 2. The van der Waals surface area contributed by atoms with Gasteiger partial charge in [-0.25, -0.2) is 0 Å². The molecule has 0 bridgehead atoms.